The lowest BCUT2D eigenvalue weighted by atomic mass is 10.0. The van der Waals surface area contributed by atoms with E-state index in [9.17, 15) is 24.3 Å². The molecule has 4 amide bonds. The third-order valence-electron chi connectivity index (χ3n) is 7.46. The van der Waals surface area contributed by atoms with Crippen molar-refractivity contribution >= 4 is 35.0 Å². The van der Waals surface area contributed by atoms with Crippen molar-refractivity contribution in [1.29, 1.82) is 0 Å². The molecular weight excluding hydrogens is 524 g/mol. The zero-order chi connectivity index (χ0) is 28.9. The van der Waals surface area contributed by atoms with Crippen LogP contribution in [0.2, 0.25) is 0 Å². The highest BCUT2D eigenvalue weighted by molar-refractivity contribution is 6.11. The van der Waals surface area contributed by atoms with Crippen LogP contribution in [-0.2, 0) is 16.0 Å². The van der Waals surface area contributed by atoms with Crippen molar-refractivity contribution in [3.63, 3.8) is 0 Å². The molecule has 0 aliphatic carbocycles. The van der Waals surface area contributed by atoms with E-state index in [4.69, 9.17) is 0 Å². The summed E-state index contributed by atoms with van der Waals surface area (Å²) in [7, 11) is 1.84. The molecule has 0 bridgehead atoms. The van der Waals surface area contributed by atoms with Gasteiger partial charge in [0, 0.05) is 42.9 Å². The van der Waals surface area contributed by atoms with Crippen molar-refractivity contribution in [1.82, 2.24) is 20.4 Å². The van der Waals surface area contributed by atoms with E-state index in [0.717, 1.165) is 31.5 Å². The van der Waals surface area contributed by atoms with Gasteiger partial charge in [0.1, 0.15) is 11.4 Å². The first-order valence-corrected chi connectivity index (χ1v) is 14.0. The second-order valence-corrected chi connectivity index (χ2v) is 10.3. The van der Waals surface area contributed by atoms with Crippen LogP contribution in [0.3, 0.4) is 0 Å². The van der Waals surface area contributed by atoms with Crippen molar-refractivity contribution in [2.75, 3.05) is 36.5 Å². The Labute approximate surface area is 238 Å². The third-order valence-corrected chi connectivity index (χ3v) is 7.46. The maximum absolute atomic E-state index is 13.9. The largest absolute Gasteiger partial charge is 0.508 e. The Kier molecular flexibility index (Phi) is 8.44. The Balaban J connectivity index is 1.42. The lowest BCUT2D eigenvalue weighted by Gasteiger charge is -2.29. The smallest absolute Gasteiger partial charge is 0.278 e. The average Bonchev–Trinajstić information content (AvgIpc) is 3.37. The van der Waals surface area contributed by atoms with E-state index >= 15 is 0 Å². The van der Waals surface area contributed by atoms with Crippen molar-refractivity contribution in [2.24, 2.45) is 0 Å². The predicted molar refractivity (Wildman–Crippen MR) is 154 cm³/mol. The van der Waals surface area contributed by atoms with Gasteiger partial charge in [-0.3, -0.25) is 24.5 Å². The lowest BCUT2D eigenvalue weighted by molar-refractivity contribution is -0.120. The molecule has 0 radical (unpaired) electrons. The van der Waals surface area contributed by atoms with E-state index in [-0.39, 0.29) is 35.4 Å². The zero-order valence-electron chi connectivity index (χ0n) is 23.1. The van der Waals surface area contributed by atoms with Gasteiger partial charge in [0.05, 0.1) is 5.69 Å². The van der Waals surface area contributed by atoms with Crippen LogP contribution < -0.4 is 20.4 Å². The monoisotopic (exact) mass is 558 g/mol. The van der Waals surface area contributed by atoms with Gasteiger partial charge >= 0.3 is 0 Å². The minimum Gasteiger partial charge on any atom is -0.508 e. The minimum atomic E-state index is -0.644. The molecule has 0 saturated carbocycles. The molecule has 1 aromatic heterocycles. The maximum Gasteiger partial charge on any atom is 0.278 e. The summed E-state index contributed by atoms with van der Waals surface area (Å²) in [5.74, 6) is -1.23. The average molecular weight is 559 g/mol. The second-order valence-electron chi connectivity index (χ2n) is 10.3. The van der Waals surface area contributed by atoms with E-state index in [1.54, 1.807) is 21.9 Å². The lowest BCUT2D eigenvalue weighted by Crippen LogP contribution is -2.39. The Bertz CT molecular complexity index is 1450. The number of unbranched alkanes of at least 4 members (excludes halogenated alkanes) is 1. The fourth-order valence-corrected chi connectivity index (χ4v) is 5.30. The molecule has 41 heavy (non-hydrogen) atoms. The molecule has 2 aliphatic heterocycles. The molecule has 11 nitrogen and oxygen atoms in total. The first-order valence-electron chi connectivity index (χ1n) is 14.0. The molecule has 1 saturated heterocycles. The quantitative estimate of drug-likeness (QED) is 0.344. The SMILES string of the molecule is CNCCCCC(=O)NC(=O)c1nn(-c2ccc(O)cc2)c2c1CCN(c1ccc(N3CCCCC3=O)cc1)C2=O. The van der Waals surface area contributed by atoms with Gasteiger partial charge in [-0.1, -0.05) is 0 Å². The van der Waals surface area contributed by atoms with Crippen LogP contribution in [0.1, 0.15) is 65.1 Å². The molecule has 1 fully saturated rings. The van der Waals surface area contributed by atoms with Gasteiger partial charge in [0.25, 0.3) is 11.8 Å². The van der Waals surface area contributed by atoms with E-state index in [0.29, 0.717) is 49.3 Å². The minimum absolute atomic E-state index is 0.0311. The molecule has 0 unspecified atom stereocenters. The van der Waals surface area contributed by atoms with Crippen LogP contribution >= 0.6 is 0 Å². The Morgan fingerprint density at radius 3 is 2.24 bits per heavy atom. The maximum atomic E-state index is 13.9. The van der Waals surface area contributed by atoms with Crippen molar-refractivity contribution in [3.8, 4) is 11.4 Å². The third kappa shape index (κ3) is 5.99. The van der Waals surface area contributed by atoms with Gasteiger partial charge in [0.15, 0.2) is 5.69 Å². The number of benzene rings is 2. The van der Waals surface area contributed by atoms with Crippen LogP contribution in [-0.4, -0.2) is 65.2 Å². The van der Waals surface area contributed by atoms with Crippen molar-refractivity contribution < 1.29 is 24.3 Å². The number of carbonyl (C=O) groups excluding carboxylic acids is 4. The number of phenolic OH excluding ortho intramolecular Hbond substituents is 1. The van der Waals surface area contributed by atoms with Crippen molar-refractivity contribution in [3.05, 3.63) is 65.5 Å². The number of rotatable bonds is 9. The van der Waals surface area contributed by atoms with Gasteiger partial charge in [-0.25, -0.2) is 4.68 Å². The molecule has 11 heteroatoms. The fourth-order valence-electron chi connectivity index (χ4n) is 5.30. The topological polar surface area (TPSA) is 137 Å². The number of nitrogens with one attached hydrogen (secondary N) is 2. The first kappa shape index (κ1) is 28.0. The fraction of sp³-hybridized carbons (Fsp3) is 0.367. The number of aromatic hydroxyl groups is 1. The molecule has 0 atom stereocenters. The summed E-state index contributed by atoms with van der Waals surface area (Å²) >= 11 is 0. The summed E-state index contributed by atoms with van der Waals surface area (Å²) in [5, 5.41) is 19.7. The van der Waals surface area contributed by atoms with Crippen LogP contribution in [0.5, 0.6) is 5.75 Å². The molecule has 5 rings (SSSR count). The van der Waals surface area contributed by atoms with E-state index in [1.807, 2.05) is 31.3 Å². The molecule has 3 heterocycles. The number of hydrogen-bond acceptors (Lipinski definition) is 7. The normalized spacial score (nSPS) is 15.1. The molecule has 2 aliphatic rings. The standard InChI is InChI=1S/C30H34N6O5/c1-31-17-4-2-6-25(38)32-29(40)27-24-16-19-35(21-10-8-20(9-11-21)34-18-5-3-7-26(34)39)30(41)28(24)36(33-27)22-12-14-23(37)15-13-22/h8-15,31,37H,2-7,16-19H2,1H3,(H,32,38,40). The number of nitrogens with zero attached hydrogens (tertiary/aromatic N) is 4. The van der Waals surface area contributed by atoms with Crippen LogP contribution in [0.15, 0.2) is 48.5 Å². The van der Waals surface area contributed by atoms with Crippen LogP contribution in [0.25, 0.3) is 5.69 Å². The van der Waals surface area contributed by atoms with Gasteiger partial charge < -0.3 is 20.2 Å². The van der Waals surface area contributed by atoms with Crippen molar-refractivity contribution in [2.45, 2.75) is 44.9 Å². The van der Waals surface area contributed by atoms with E-state index in [1.165, 1.54) is 16.8 Å². The number of aromatic nitrogens is 2. The summed E-state index contributed by atoms with van der Waals surface area (Å²) in [6.07, 6.45) is 4.40. The van der Waals surface area contributed by atoms with Gasteiger partial charge in [-0.2, -0.15) is 5.10 Å². The number of fused-ring (bicyclic) bond motifs is 1. The first-order chi connectivity index (χ1) is 19.9. The molecule has 3 N–H and O–H groups in total. The Hall–Kier alpha value is -4.51. The molecule has 3 aromatic rings. The van der Waals surface area contributed by atoms with E-state index < -0.39 is 11.8 Å². The molecule has 0 spiro atoms. The number of amides is 4. The summed E-state index contributed by atoms with van der Waals surface area (Å²) in [6.45, 7) is 1.77. The van der Waals surface area contributed by atoms with Crippen LogP contribution in [0.4, 0.5) is 11.4 Å². The number of piperidine rings is 1. The molecule has 2 aromatic carbocycles. The molecule has 214 valence electrons. The summed E-state index contributed by atoms with van der Waals surface area (Å²) in [5.41, 5.74) is 2.68. The molecular formula is C30H34N6O5. The highest BCUT2D eigenvalue weighted by Crippen LogP contribution is 2.31. The Morgan fingerprint density at radius 2 is 1.56 bits per heavy atom. The zero-order valence-corrected chi connectivity index (χ0v) is 23.1. The Morgan fingerprint density at radius 1 is 0.878 bits per heavy atom. The van der Waals surface area contributed by atoms with Crippen LogP contribution in [0, 0.1) is 0 Å². The number of carbonyl (C=O) groups is 4. The number of imide groups is 1. The van der Waals surface area contributed by atoms with E-state index in [2.05, 4.69) is 15.7 Å². The number of anilines is 2. The highest BCUT2D eigenvalue weighted by atomic mass is 16.3. The summed E-state index contributed by atoms with van der Waals surface area (Å²) in [4.78, 5) is 55.3. The highest BCUT2D eigenvalue weighted by Gasteiger charge is 2.35. The summed E-state index contributed by atoms with van der Waals surface area (Å²) in [6, 6.07) is 13.5. The van der Waals surface area contributed by atoms with Gasteiger partial charge in [0.2, 0.25) is 11.8 Å². The summed E-state index contributed by atoms with van der Waals surface area (Å²) < 4.78 is 1.40. The number of hydrogen-bond donors (Lipinski definition) is 3. The number of phenols is 1. The predicted octanol–water partition coefficient (Wildman–Crippen LogP) is 2.94. The van der Waals surface area contributed by atoms with Gasteiger partial charge in [-0.05, 0) is 94.2 Å². The van der Waals surface area contributed by atoms with Gasteiger partial charge in [-0.15, -0.1) is 0 Å². The second kappa shape index (κ2) is 12.3.